The number of nitrogens with zero attached hydrogens (tertiary/aromatic N) is 1. The van der Waals surface area contributed by atoms with Crippen molar-refractivity contribution in [3.63, 3.8) is 0 Å². The highest BCUT2D eigenvalue weighted by Gasteiger charge is 2.27. The normalized spacial score (nSPS) is 11.7. The zero-order valence-electron chi connectivity index (χ0n) is 13.5. The Kier molecular flexibility index (Phi) is 3.98. The van der Waals surface area contributed by atoms with Crippen LogP contribution in [-0.2, 0) is 10.0 Å². The summed E-state index contributed by atoms with van der Waals surface area (Å²) in [5.74, 6) is -0.117. The van der Waals surface area contributed by atoms with Crippen molar-refractivity contribution in [1.29, 1.82) is 0 Å². The van der Waals surface area contributed by atoms with Gasteiger partial charge in [0.1, 0.15) is 11.4 Å². The maximum absolute atomic E-state index is 13.4. The van der Waals surface area contributed by atoms with Gasteiger partial charge in [-0.25, -0.2) is 12.4 Å². The van der Waals surface area contributed by atoms with Crippen LogP contribution >= 0.6 is 11.6 Å². The SMILES string of the molecule is O=S(=O)(c1ccccc1)n1c(-c2ccccc2)c(O)c2cc(Cl)ccc21. The van der Waals surface area contributed by atoms with E-state index in [2.05, 4.69) is 0 Å². The van der Waals surface area contributed by atoms with Gasteiger partial charge in [-0.15, -0.1) is 0 Å². The average molecular weight is 384 g/mol. The molecule has 1 aromatic heterocycles. The first kappa shape index (κ1) is 16.7. The Bertz CT molecular complexity index is 1200. The highest BCUT2D eigenvalue weighted by Crippen LogP contribution is 2.42. The highest BCUT2D eigenvalue weighted by molar-refractivity contribution is 7.90. The third-order valence-corrected chi connectivity index (χ3v) is 6.15. The molecule has 0 saturated heterocycles. The zero-order valence-corrected chi connectivity index (χ0v) is 15.1. The Balaban J connectivity index is 2.15. The van der Waals surface area contributed by atoms with E-state index < -0.39 is 10.0 Å². The molecule has 0 radical (unpaired) electrons. The second kappa shape index (κ2) is 6.20. The summed E-state index contributed by atoms with van der Waals surface area (Å²) in [7, 11) is -3.92. The van der Waals surface area contributed by atoms with E-state index >= 15 is 0 Å². The second-order valence-corrected chi connectivity index (χ2v) is 8.03. The molecular formula is C20H14ClNO3S. The van der Waals surface area contributed by atoms with Gasteiger partial charge in [-0.3, -0.25) is 0 Å². The Morgan fingerprint density at radius 3 is 2.12 bits per heavy atom. The summed E-state index contributed by atoms with van der Waals surface area (Å²) in [4.78, 5) is 0.143. The summed E-state index contributed by atoms with van der Waals surface area (Å²) in [6.07, 6.45) is 0. The van der Waals surface area contributed by atoms with E-state index in [0.29, 0.717) is 21.5 Å². The van der Waals surface area contributed by atoms with Crippen LogP contribution in [0.5, 0.6) is 5.75 Å². The van der Waals surface area contributed by atoms with Crippen LogP contribution in [0, 0.1) is 0 Å². The number of hydrogen-bond acceptors (Lipinski definition) is 3. The number of halogens is 1. The van der Waals surface area contributed by atoms with E-state index in [-0.39, 0.29) is 16.3 Å². The Morgan fingerprint density at radius 2 is 1.46 bits per heavy atom. The van der Waals surface area contributed by atoms with Crippen LogP contribution in [0.3, 0.4) is 0 Å². The van der Waals surface area contributed by atoms with Crippen molar-refractivity contribution < 1.29 is 13.5 Å². The summed E-state index contributed by atoms with van der Waals surface area (Å²) >= 11 is 6.06. The smallest absolute Gasteiger partial charge is 0.268 e. The van der Waals surface area contributed by atoms with E-state index in [1.807, 2.05) is 6.07 Å². The molecule has 0 bridgehead atoms. The zero-order chi connectivity index (χ0) is 18.3. The first-order chi connectivity index (χ1) is 12.5. The highest BCUT2D eigenvalue weighted by atomic mass is 35.5. The molecule has 1 N–H and O–H groups in total. The lowest BCUT2D eigenvalue weighted by Gasteiger charge is -2.12. The molecule has 4 nitrogen and oxygen atoms in total. The summed E-state index contributed by atoms with van der Waals surface area (Å²) in [5.41, 5.74) is 1.18. The number of benzene rings is 3. The summed E-state index contributed by atoms with van der Waals surface area (Å²) in [5, 5.41) is 11.6. The third-order valence-electron chi connectivity index (χ3n) is 4.19. The van der Waals surface area contributed by atoms with Gasteiger partial charge in [0.15, 0.2) is 0 Å². The van der Waals surface area contributed by atoms with E-state index in [1.54, 1.807) is 60.7 Å². The molecule has 0 fully saturated rings. The van der Waals surface area contributed by atoms with Gasteiger partial charge in [0.05, 0.1) is 10.4 Å². The van der Waals surface area contributed by atoms with Gasteiger partial charge in [-0.05, 0) is 30.3 Å². The van der Waals surface area contributed by atoms with Crippen LogP contribution in [-0.4, -0.2) is 17.5 Å². The van der Waals surface area contributed by atoms with E-state index in [9.17, 15) is 13.5 Å². The second-order valence-electron chi connectivity index (χ2n) is 5.81. The summed E-state index contributed by atoms with van der Waals surface area (Å²) in [6, 6.07) is 21.8. The van der Waals surface area contributed by atoms with Gasteiger partial charge < -0.3 is 5.11 Å². The molecule has 1 heterocycles. The van der Waals surface area contributed by atoms with Crippen LogP contribution in [0.1, 0.15) is 0 Å². The first-order valence-electron chi connectivity index (χ1n) is 7.89. The van der Waals surface area contributed by atoms with Crippen molar-refractivity contribution in [1.82, 2.24) is 3.97 Å². The molecule has 0 amide bonds. The van der Waals surface area contributed by atoms with Crippen LogP contribution in [0.4, 0.5) is 0 Å². The van der Waals surface area contributed by atoms with Gasteiger partial charge in [-0.2, -0.15) is 0 Å². The third kappa shape index (κ3) is 2.57. The monoisotopic (exact) mass is 383 g/mol. The van der Waals surface area contributed by atoms with Gasteiger partial charge in [-0.1, -0.05) is 60.1 Å². The molecule has 130 valence electrons. The molecule has 6 heteroatoms. The van der Waals surface area contributed by atoms with Crippen molar-refractivity contribution >= 4 is 32.5 Å². The van der Waals surface area contributed by atoms with E-state index in [0.717, 1.165) is 0 Å². The largest absolute Gasteiger partial charge is 0.505 e. The van der Waals surface area contributed by atoms with Crippen molar-refractivity contribution in [2.75, 3.05) is 0 Å². The minimum atomic E-state index is -3.92. The van der Waals surface area contributed by atoms with Gasteiger partial charge in [0, 0.05) is 16.0 Å². The van der Waals surface area contributed by atoms with Crippen molar-refractivity contribution in [3.05, 3.63) is 83.9 Å². The van der Waals surface area contributed by atoms with Crippen LogP contribution in [0.2, 0.25) is 5.02 Å². The predicted molar refractivity (Wildman–Crippen MR) is 103 cm³/mol. The van der Waals surface area contributed by atoms with E-state index in [1.165, 1.54) is 16.1 Å². The Hall–Kier alpha value is -2.76. The molecule has 0 aliphatic rings. The molecule has 0 aliphatic carbocycles. The minimum Gasteiger partial charge on any atom is -0.505 e. The molecule has 3 aromatic carbocycles. The van der Waals surface area contributed by atoms with Gasteiger partial charge >= 0.3 is 0 Å². The van der Waals surface area contributed by atoms with E-state index in [4.69, 9.17) is 11.6 Å². The van der Waals surface area contributed by atoms with Gasteiger partial charge in [0.2, 0.25) is 0 Å². The topological polar surface area (TPSA) is 59.3 Å². The fourth-order valence-corrected chi connectivity index (χ4v) is 4.75. The molecular weight excluding hydrogens is 370 g/mol. The minimum absolute atomic E-state index is 0.117. The molecule has 4 rings (SSSR count). The Labute approximate surface area is 156 Å². The fraction of sp³-hybridized carbons (Fsp3) is 0. The number of aromatic nitrogens is 1. The molecule has 0 atom stereocenters. The number of aromatic hydroxyl groups is 1. The molecule has 0 spiro atoms. The van der Waals surface area contributed by atoms with Gasteiger partial charge in [0.25, 0.3) is 10.0 Å². The molecule has 0 unspecified atom stereocenters. The Morgan fingerprint density at radius 1 is 0.846 bits per heavy atom. The molecule has 4 aromatic rings. The summed E-state index contributed by atoms with van der Waals surface area (Å²) in [6.45, 7) is 0. The number of hydrogen-bond donors (Lipinski definition) is 1. The lowest BCUT2D eigenvalue weighted by atomic mass is 10.1. The van der Waals surface area contributed by atoms with Crippen molar-refractivity contribution in [2.45, 2.75) is 4.90 Å². The summed E-state index contributed by atoms with van der Waals surface area (Å²) < 4.78 is 27.9. The number of rotatable bonds is 3. The average Bonchev–Trinajstić information content (AvgIpc) is 2.96. The standard InChI is InChI=1S/C20H14ClNO3S/c21-15-11-12-18-17(13-15)20(23)19(14-7-3-1-4-8-14)22(18)26(24,25)16-9-5-2-6-10-16/h1-13,23H. The van der Waals surface area contributed by atoms with Crippen LogP contribution in [0.25, 0.3) is 22.2 Å². The maximum Gasteiger partial charge on any atom is 0.268 e. The lowest BCUT2D eigenvalue weighted by Crippen LogP contribution is -2.14. The van der Waals surface area contributed by atoms with Crippen LogP contribution < -0.4 is 0 Å². The van der Waals surface area contributed by atoms with Crippen molar-refractivity contribution in [3.8, 4) is 17.0 Å². The lowest BCUT2D eigenvalue weighted by molar-refractivity contribution is 0.482. The molecule has 26 heavy (non-hydrogen) atoms. The quantitative estimate of drug-likeness (QED) is 0.547. The fourth-order valence-electron chi connectivity index (χ4n) is 3.02. The van der Waals surface area contributed by atoms with Crippen LogP contribution in [0.15, 0.2) is 83.8 Å². The molecule has 0 aliphatic heterocycles. The van der Waals surface area contributed by atoms with Crippen molar-refractivity contribution in [2.24, 2.45) is 0 Å². The maximum atomic E-state index is 13.4. The number of fused-ring (bicyclic) bond motifs is 1. The molecule has 0 saturated carbocycles. The first-order valence-corrected chi connectivity index (χ1v) is 9.71. The predicted octanol–water partition coefficient (Wildman–Crippen LogP) is 4.90.